The van der Waals surface area contributed by atoms with Crippen molar-refractivity contribution in [3.63, 3.8) is 0 Å². The smallest absolute Gasteiger partial charge is 0.355 e. The number of nitrogen functional groups attached to an aromatic ring is 1. The van der Waals surface area contributed by atoms with Gasteiger partial charge in [0, 0.05) is 39.1 Å². The maximum absolute atomic E-state index is 12.2. The standard InChI is InChI=1S/C14H20N2O4/c1-16-8-10(15)6-12(16)13(17)20-11-2-4-19-14(7-11)3-5-18-9-14/h6,8,11H,2-5,7,9,15H2,1H3. The highest BCUT2D eigenvalue weighted by Crippen LogP contribution is 2.34. The van der Waals surface area contributed by atoms with Crippen molar-refractivity contribution in [3.8, 4) is 0 Å². The molecule has 2 fully saturated rings. The van der Waals surface area contributed by atoms with Gasteiger partial charge in [-0.05, 0) is 6.07 Å². The quantitative estimate of drug-likeness (QED) is 0.821. The zero-order valence-corrected chi connectivity index (χ0v) is 11.6. The van der Waals surface area contributed by atoms with E-state index in [-0.39, 0.29) is 17.7 Å². The van der Waals surface area contributed by atoms with E-state index in [1.54, 1.807) is 23.9 Å². The van der Waals surface area contributed by atoms with Gasteiger partial charge in [-0.25, -0.2) is 4.79 Å². The molecule has 2 atom stereocenters. The van der Waals surface area contributed by atoms with E-state index < -0.39 is 0 Å². The molecule has 2 saturated heterocycles. The molecular weight excluding hydrogens is 260 g/mol. The normalized spacial score (nSPS) is 29.8. The van der Waals surface area contributed by atoms with E-state index in [2.05, 4.69) is 0 Å². The Balaban J connectivity index is 1.65. The van der Waals surface area contributed by atoms with E-state index in [4.69, 9.17) is 19.9 Å². The summed E-state index contributed by atoms with van der Waals surface area (Å²) in [5.74, 6) is -0.329. The van der Waals surface area contributed by atoms with Gasteiger partial charge in [0.1, 0.15) is 11.8 Å². The van der Waals surface area contributed by atoms with Crippen molar-refractivity contribution >= 4 is 11.7 Å². The number of anilines is 1. The van der Waals surface area contributed by atoms with Crippen molar-refractivity contribution < 1.29 is 19.0 Å². The van der Waals surface area contributed by atoms with E-state index in [0.29, 0.717) is 31.0 Å². The number of ether oxygens (including phenoxy) is 3. The van der Waals surface area contributed by atoms with Crippen molar-refractivity contribution in [2.75, 3.05) is 25.6 Å². The van der Waals surface area contributed by atoms with E-state index in [0.717, 1.165) is 19.4 Å². The second kappa shape index (κ2) is 5.10. The van der Waals surface area contributed by atoms with Gasteiger partial charge in [-0.15, -0.1) is 0 Å². The maximum atomic E-state index is 12.2. The topological polar surface area (TPSA) is 75.7 Å². The van der Waals surface area contributed by atoms with Crippen LogP contribution in [0.25, 0.3) is 0 Å². The van der Waals surface area contributed by atoms with E-state index in [1.165, 1.54) is 0 Å². The first-order valence-corrected chi connectivity index (χ1v) is 6.92. The van der Waals surface area contributed by atoms with Crippen LogP contribution in [0, 0.1) is 0 Å². The van der Waals surface area contributed by atoms with Crippen LogP contribution < -0.4 is 5.73 Å². The number of nitrogens with zero attached hydrogens (tertiary/aromatic N) is 1. The molecule has 2 aliphatic heterocycles. The summed E-state index contributed by atoms with van der Waals surface area (Å²) in [5, 5.41) is 0. The Labute approximate surface area is 117 Å². The summed E-state index contributed by atoms with van der Waals surface area (Å²) in [4.78, 5) is 12.2. The SMILES string of the molecule is Cn1cc(N)cc1C(=O)OC1CCOC2(CCOC2)C1. The molecule has 0 saturated carbocycles. The van der Waals surface area contributed by atoms with Gasteiger partial charge in [-0.3, -0.25) is 0 Å². The number of hydrogen-bond donors (Lipinski definition) is 1. The molecule has 0 bridgehead atoms. The number of aryl methyl sites for hydroxylation is 1. The van der Waals surface area contributed by atoms with Crippen LogP contribution in [-0.4, -0.2) is 42.1 Å². The number of carbonyl (C=O) groups is 1. The van der Waals surface area contributed by atoms with Gasteiger partial charge >= 0.3 is 5.97 Å². The van der Waals surface area contributed by atoms with Gasteiger partial charge < -0.3 is 24.5 Å². The summed E-state index contributed by atoms with van der Waals surface area (Å²) < 4.78 is 18.5. The molecule has 1 spiro atoms. The first-order valence-electron chi connectivity index (χ1n) is 6.92. The lowest BCUT2D eigenvalue weighted by Gasteiger charge is -2.36. The summed E-state index contributed by atoms with van der Waals surface area (Å²) in [5.41, 5.74) is 6.47. The molecule has 110 valence electrons. The van der Waals surface area contributed by atoms with E-state index >= 15 is 0 Å². The highest BCUT2D eigenvalue weighted by Gasteiger charge is 2.42. The van der Waals surface area contributed by atoms with Gasteiger partial charge in [0.05, 0.1) is 24.5 Å². The maximum Gasteiger partial charge on any atom is 0.355 e. The molecule has 2 aliphatic rings. The predicted octanol–water partition coefficient (Wildman–Crippen LogP) is 1.10. The second-order valence-electron chi connectivity index (χ2n) is 5.62. The minimum absolute atomic E-state index is 0.117. The molecule has 0 amide bonds. The van der Waals surface area contributed by atoms with Gasteiger partial charge in [0.15, 0.2) is 0 Å². The van der Waals surface area contributed by atoms with Crippen LogP contribution in [0.5, 0.6) is 0 Å². The molecule has 2 unspecified atom stereocenters. The fraction of sp³-hybridized carbons (Fsp3) is 0.643. The summed E-state index contributed by atoms with van der Waals surface area (Å²) in [6.45, 7) is 1.92. The van der Waals surface area contributed by atoms with Gasteiger partial charge in [-0.2, -0.15) is 0 Å². The van der Waals surface area contributed by atoms with Crippen molar-refractivity contribution in [2.45, 2.75) is 31.0 Å². The summed E-state index contributed by atoms with van der Waals surface area (Å²) in [6, 6.07) is 1.64. The Morgan fingerprint density at radius 1 is 1.55 bits per heavy atom. The van der Waals surface area contributed by atoms with Crippen molar-refractivity contribution in [3.05, 3.63) is 18.0 Å². The first kappa shape index (κ1) is 13.5. The largest absolute Gasteiger partial charge is 0.457 e. The molecule has 6 heteroatoms. The van der Waals surface area contributed by atoms with Gasteiger partial charge in [0.2, 0.25) is 0 Å². The number of hydrogen-bond acceptors (Lipinski definition) is 5. The molecule has 1 aromatic rings. The molecule has 2 N–H and O–H groups in total. The Bertz CT molecular complexity index is 505. The fourth-order valence-electron chi connectivity index (χ4n) is 2.95. The summed E-state index contributed by atoms with van der Waals surface area (Å²) in [6.07, 6.45) is 3.89. The minimum Gasteiger partial charge on any atom is -0.457 e. The zero-order valence-electron chi connectivity index (χ0n) is 11.6. The Morgan fingerprint density at radius 2 is 2.40 bits per heavy atom. The van der Waals surface area contributed by atoms with Crippen LogP contribution in [0.2, 0.25) is 0 Å². The van der Waals surface area contributed by atoms with Crippen molar-refractivity contribution in [2.24, 2.45) is 7.05 Å². The Hall–Kier alpha value is -1.53. The highest BCUT2D eigenvalue weighted by molar-refractivity contribution is 5.89. The second-order valence-corrected chi connectivity index (χ2v) is 5.62. The van der Waals surface area contributed by atoms with Crippen LogP contribution in [-0.2, 0) is 21.3 Å². The molecule has 20 heavy (non-hydrogen) atoms. The lowest BCUT2D eigenvalue weighted by Crippen LogP contribution is -2.43. The lowest BCUT2D eigenvalue weighted by molar-refractivity contribution is -0.120. The molecular formula is C14H20N2O4. The van der Waals surface area contributed by atoms with Gasteiger partial charge in [0.25, 0.3) is 0 Å². The third-order valence-electron chi connectivity index (χ3n) is 4.02. The molecule has 3 rings (SSSR count). The monoisotopic (exact) mass is 280 g/mol. The highest BCUT2D eigenvalue weighted by atomic mass is 16.6. The molecule has 0 aromatic carbocycles. The Morgan fingerprint density at radius 3 is 3.05 bits per heavy atom. The summed E-state index contributed by atoms with van der Waals surface area (Å²) >= 11 is 0. The minimum atomic E-state index is -0.329. The van der Waals surface area contributed by atoms with Gasteiger partial charge in [-0.1, -0.05) is 0 Å². The van der Waals surface area contributed by atoms with Crippen LogP contribution in [0.4, 0.5) is 5.69 Å². The number of aromatic nitrogens is 1. The van der Waals surface area contributed by atoms with E-state index in [1.807, 2.05) is 0 Å². The third kappa shape index (κ3) is 2.53. The van der Waals surface area contributed by atoms with Crippen LogP contribution >= 0.6 is 0 Å². The molecule has 0 radical (unpaired) electrons. The van der Waals surface area contributed by atoms with Crippen LogP contribution in [0.15, 0.2) is 12.3 Å². The number of esters is 1. The molecule has 6 nitrogen and oxygen atoms in total. The average molecular weight is 280 g/mol. The fourth-order valence-corrected chi connectivity index (χ4v) is 2.95. The van der Waals surface area contributed by atoms with Crippen molar-refractivity contribution in [1.82, 2.24) is 4.57 Å². The lowest BCUT2D eigenvalue weighted by atomic mass is 9.91. The molecule has 3 heterocycles. The predicted molar refractivity (Wildman–Crippen MR) is 72.4 cm³/mol. The summed E-state index contributed by atoms with van der Waals surface area (Å²) in [7, 11) is 1.78. The number of nitrogens with two attached hydrogens (primary N) is 1. The first-order chi connectivity index (χ1) is 9.58. The zero-order chi connectivity index (χ0) is 14.2. The number of rotatable bonds is 2. The third-order valence-corrected chi connectivity index (χ3v) is 4.02. The molecule has 1 aromatic heterocycles. The van der Waals surface area contributed by atoms with Crippen molar-refractivity contribution in [1.29, 1.82) is 0 Å². The van der Waals surface area contributed by atoms with Crippen LogP contribution in [0.3, 0.4) is 0 Å². The Kier molecular flexibility index (Phi) is 3.43. The molecule has 0 aliphatic carbocycles. The number of carbonyl (C=O) groups excluding carboxylic acids is 1. The van der Waals surface area contributed by atoms with E-state index in [9.17, 15) is 4.79 Å². The average Bonchev–Trinajstić information content (AvgIpc) is 2.96. The van der Waals surface area contributed by atoms with Crippen LogP contribution in [0.1, 0.15) is 29.8 Å².